The van der Waals surface area contributed by atoms with Crippen molar-refractivity contribution in [2.24, 2.45) is 0 Å². The molecule has 2 N–H and O–H groups in total. The predicted molar refractivity (Wildman–Crippen MR) is 108 cm³/mol. The fourth-order valence-electron chi connectivity index (χ4n) is 2.72. The van der Waals surface area contributed by atoms with E-state index in [0.717, 1.165) is 11.1 Å². The first-order chi connectivity index (χ1) is 13.6. The summed E-state index contributed by atoms with van der Waals surface area (Å²) in [7, 11) is 0. The third-order valence-corrected chi connectivity index (χ3v) is 4.14. The molecule has 3 aromatic rings. The number of carbonyl (C=O) groups excluding carboxylic acids is 2. The minimum Gasteiger partial charge on any atom is -0.465 e. The lowest BCUT2D eigenvalue weighted by molar-refractivity contribution is -0.117. The van der Waals surface area contributed by atoms with Gasteiger partial charge in [-0.25, -0.2) is 0 Å². The molecule has 0 radical (unpaired) electrons. The lowest BCUT2D eigenvalue weighted by Crippen LogP contribution is -2.35. The molecule has 1 aromatic heterocycles. The van der Waals surface area contributed by atoms with Crippen LogP contribution in [0.4, 0.5) is 0 Å². The predicted octanol–water partition coefficient (Wildman–Crippen LogP) is 3.72. The SMILES string of the molecule is Cc1cccc(C(=O)N/C(=C\c2ccco2)C(=O)NCCc2ccccc2)c1. The summed E-state index contributed by atoms with van der Waals surface area (Å²) in [6.07, 6.45) is 3.73. The summed E-state index contributed by atoms with van der Waals surface area (Å²) >= 11 is 0. The highest BCUT2D eigenvalue weighted by Gasteiger charge is 2.15. The van der Waals surface area contributed by atoms with Gasteiger partial charge in [-0.1, -0.05) is 48.0 Å². The molecule has 0 bridgehead atoms. The Balaban J connectivity index is 1.69. The molecule has 142 valence electrons. The van der Waals surface area contributed by atoms with Crippen LogP contribution in [-0.4, -0.2) is 18.4 Å². The Kier molecular flexibility index (Phi) is 6.41. The van der Waals surface area contributed by atoms with Crippen molar-refractivity contribution in [3.05, 3.63) is 101 Å². The second kappa shape index (κ2) is 9.37. The minimum atomic E-state index is -0.367. The standard InChI is InChI=1S/C23H22N2O3/c1-17-7-5-10-19(15-17)22(26)25-21(16-20-11-6-14-28-20)23(27)24-13-12-18-8-3-2-4-9-18/h2-11,14-16H,12-13H2,1H3,(H,24,27)(H,25,26)/b21-16-. The van der Waals surface area contributed by atoms with Crippen LogP contribution < -0.4 is 10.6 Å². The van der Waals surface area contributed by atoms with E-state index in [1.807, 2.05) is 43.3 Å². The first kappa shape index (κ1) is 19.2. The molecule has 2 aromatic carbocycles. The topological polar surface area (TPSA) is 71.3 Å². The molecule has 28 heavy (non-hydrogen) atoms. The van der Waals surface area contributed by atoms with Crippen molar-refractivity contribution in [3.63, 3.8) is 0 Å². The van der Waals surface area contributed by atoms with Crippen LogP contribution in [0.1, 0.15) is 27.2 Å². The second-order valence-electron chi connectivity index (χ2n) is 6.39. The lowest BCUT2D eigenvalue weighted by Gasteiger charge is -2.11. The molecule has 0 spiro atoms. The van der Waals surface area contributed by atoms with Crippen molar-refractivity contribution >= 4 is 17.9 Å². The maximum Gasteiger partial charge on any atom is 0.267 e. The van der Waals surface area contributed by atoms with Crippen molar-refractivity contribution in [1.82, 2.24) is 10.6 Å². The number of nitrogens with one attached hydrogen (secondary N) is 2. The second-order valence-corrected chi connectivity index (χ2v) is 6.39. The molecule has 0 fully saturated rings. The molecule has 5 heteroatoms. The Morgan fingerprint density at radius 1 is 1.00 bits per heavy atom. The maximum atomic E-state index is 12.7. The van der Waals surface area contributed by atoms with Gasteiger partial charge < -0.3 is 15.1 Å². The fourth-order valence-corrected chi connectivity index (χ4v) is 2.72. The van der Waals surface area contributed by atoms with Crippen LogP contribution >= 0.6 is 0 Å². The number of benzene rings is 2. The molecule has 2 amide bonds. The summed E-state index contributed by atoms with van der Waals surface area (Å²) < 4.78 is 5.29. The van der Waals surface area contributed by atoms with Gasteiger partial charge in [-0.05, 0) is 43.2 Å². The highest BCUT2D eigenvalue weighted by Crippen LogP contribution is 2.09. The quantitative estimate of drug-likeness (QED) is 0.619. The van der Waals surface area contributed by atoms with Crippen LogP contribution in [0.25, 0.3) is 6.08 Å². The van der Waals surface area contributed by atoms with Crippen molar-refractivity contribution in [2.75, 3.05) is 6.54 Å². The third kappa shape index (κ3) is 5.45. The average molecular weight is 374 g/mol. The Morgan fingerprint density at radius 3 is 2.54 bits per heavy atom. The molecule has 0 atom stereocenters. The number of hydrogen-bond acceptors (Lipinski definition) is 3. The Labute approximate surface area is 164 Å². The highest BCUT2D eigenvalue weighted by atomic mass is 16.3. The number of rotatable bonds is 7. The van der Waals surface area contributed by atoms with E-state index in [-0.39, 0.29) is 17.5 Å². The number of carbonyl (C=O) groups is 2. The van der Waals surface area contributed by atoms with Gasteiger partial charge in [0.2, 0.25) is 0 Å². The number of furan rings is 1. The van der Waals surface area contributed by atoms with E-state index in [1.165, 1.54) is 12.3 Å². The van der Waals surface area contributed by atoms with E-state index < -0.39 is 0 Å². The van der Waals surface area contributed by atoms with Gasteiger partial charge in [-0.3, -0.25) is 9.59 Å². The van der Waals surface area contributed by atoms with E-state index >= 15 is 0 Å². The van der Waals surface area contributed by atoms with Crippen molar-refractivity contribution < 1.29 is 14.0 Å². The first-order valence-electron chi connectivity index (χ1n) is 9.07. The third-order valence-electron chi connectivity index (χ3n) is 4.14. The van der Waals surface area contributed by atoms with E-state index in [0.29, 0.717) is 24.3 Å². The first-order valence-corrected chi connectivity index (χ1v) is 9.07. The summed E-state index contributed by atoms with van der Waals surface area (Å²) in [6.45, 7) is 2.37. The van der Waals surface area contributed by atoms with Crippen molar-refractivity contribution in [2.45, 2.75) is 13.3 Å². The number of amides is 2. The van der Waals surface area contributed by atoms with Crippen molar-refractivity contribution in [3.8, 4) is 0 Å². The summed E-state index contributed by atoms with van der Waals surface area (Å²) in [5, 5.41) is 5.55. The summed E-state index contributed by atoms with van der Waals surface area (Å²) in [6, 6.07) is 20.5. The average Bonchev–Trinajstić information content (AvgIpc) is 3.21. The highest BCUT2D eigenvalue weighted by molar-refractivity contribution is 6.05. The summed E-state index contributed by atoms with van der Waals surface area (Å²) in [4.78, 5) is 25.2. The van der Waals surface area contributed by atoms with Crippen LogP contribution in [0, 0.1) is 6.92 Å². The smallest absolute Gasteiger partial charge is 0.267 e. The van der Waals surface area contributed by atoms with Gasteiger partial charge in [0.1, 0.15) is 11.5 Å². The summed E-state index contributed by atoms with van der Waals surface area (Å²) in [5.74, 6) is -0.231. The van der Waals surface area contributed by atoms with Gasteiger partial charge >= 0.3 is 0 Å². The fraction of sp³-hybridized carbons (Fsp3) is 0.130. The van der Waals surface area contributed by atoms with Gasteiger partial charge in [0.05, 0.1) is 6.26 Å². The van der Waals surface area contributed by atoms with Crippen LogP contribution in [0.3, 0.4) is 0 Å². The number of aryl methyl sites for hydroxylation is 1. The van der Waals surface area contributed by atoms with E-state index in [1.54, 1.807) is 30.3 Å². The van der Waals surface area contributed by atoms with Gasteiger partial charge in [-0.15, -0.1) is 0 Å². The van der Waals surface area contributed by atoms with Gasteiger partial charge in [0, 0.05) is 18.2 Å². The molecule has 0 unspecified atom stereocenters. The van der Waals surface area contributed by atoms with Crippen LogP contribution in [0.2, 0.25) is 0 Å². The molecule has 3 rings (SSSR count). The molecule has 0 saturated heterocycles. The van der Waals surface area contributed by atoms with E-state index in [4.69, 9.17) is 4.42 Å². The summed E-state index contributed by atoms with van der Waals surface area (Å²) in [5.41, 5.74) is 2.72. The molecular weight excluding hydrogens is 352 g/mol. The normalized spacial score (nSPS) is 11.1. The lowest BCUT2D eigenvalue weighted by atomic mass is 10.1. The molecule has 0 aliphatic rings. The molecular formula is C23H22N2O3. The molecule has 1 heterocycles. The van der Waals surface area contributed by atoms with Gasteiger partial charge in [-0.2, -0.15) is 0 Å². The van der Waals surface area contributed by atoms with Gasteiger partial charge in [0.25, 0.3) is 11.8 Å². The van der Waals surface area contributed by atoms with E-state index in [9.17, 15) is 9.59 Å². The largest absolute Gasteiger partial charge is 0.465 e. The van der Waals surface area contributed by atoms with Crippen LogP contribution in [0.5, 0.6) is 0 Å². The Hall–Kier alpha value is -3.60. The molecule has 0 saturated carbocycles. The Morgan fingerprint density at radius 2 is 1.82 bits per heavy atom. The van der Waals surface area contributed by atoms with Crippen LogP contribution in [0.15, 0.2) is 83.1 Å². The van der Waals surface area contributed by atoms with Gasteiger partial charge in [0.15, 0.2) is 0 Å². The van der Waals surface area contributed by atoms with E-state index in [2.05, 4.69) is 10.6 Å². The molecule has 0 aliphatic carbocycles. The zero-order chi connectivity index (χ0) is 19.8. The molecule has 5 nitrogen and oxygen atoms in total. The minimum absolute atomic E-state index is 0.134. The monoisotopic (exact) mass is 374 g/mol. The zero-order valence-electron chi connectivity index (χ0n) is 15.6. The maximum absolute atomic E-state index is 12.7. The number of hydrogen-bond donors (Lipinski definition) is 2. The zero-order valence-corrected chi connectivity index (χ0v) is 15.6. The Bertz CT molecular complexity index is 961. The molecule has 0 aliphatic heterocycles. The van der Waals surface area contributed by atoms with Crippen LogP contribution in [-0.2, 0) is 11.2 Å². The van der Waals surface area contributed by atoms with Crippen molar-refractivity contribution in [1.29, 1.82) is 0 Å².